The average Bonchev–Trinajstić information content (AvgIpc) is 2.59. The third kappa shape index (κ3) is 1.67. The van der Waals surface area contributed by atoms with Crippen LogP contribution in [0.4, 0.5) is 0 Å². The molecule has 1 aliphatic heterocycles. The first-order chi connectivity index (χ1) is 8.74. The first kappa shape index (κ1) is 11.5. The lowest BCUT2D eigenvalue weighted by atomic mass is 9.88. The minimum absolute atomic E-state index is 0.224. The zero-order valence-electron chi connectivity index (χ0n) is 10.2. The van der Waals surface area contributed by atoms with Crippen molar-refractivity contribution in [3.8, 4) is 5.75 Å². The molecule has 0 fully saturated rings. The van der Waals surface area contributed by atoms with E-state index in [1.54, 1.807) is 0 Å². The second kappa shape index (κ2) is 4.26. The van der Waals surface area contributed by atoms with Crippen LogP contribution in [-0.4, -0.2) is 18.3 Å². The molecule has 0 aliphatic carbocycles. The maximum Gasteiger partial charge on any atom is 0.133 e. The molecule has 1 aliphatic rings. The van der Waals surface area contributed by atoms with Gasteiger partial charge in [0.05, 0.1) is 6.61 Å². The summed E-state index contributed by atoms with van der Waals surface area (Å²) in [5, 5.41) is 12.8. The summed E-state index contributed by atoms with van der Waals surface area (Å²) in [5.41, 5.74) is 5.62. The van der Waals surface area contributed by atoms with Crippen molar-refractivity contribution in [3.05, 3.63) is 42.0 Å². The van der Waals surface area contributed by atoms with Gasteiger partial charge in [-0.2, -0.15) is 0 Å². The van der Waals surface area contributed by atoms with Gasteiger partial charge >= 0.3 is 0 Å². The van der Waals surface area contributed by atoms with Crippen molar-refractivity contribution < 1.29 is 9.84 Å². The number of benzene rings is 2. The van der Waals surface area contributed by atoms with Crippen LogP contribution >= 0.6 is 0 Å². The third-order valence-corrected chi connectivity index (χ3v) is 3.70. The molecule has 1 unspecified atom stereocenters. The van der Waals surface area contributed by atoms with Gasteiger partial charge in [0.15, 0.2) is 0 Å². The van der Waals surface area contributed by atoms with Gasteiger partial charge < -0.3 is 15.6 Å². The molecule has 0 bridgehead atoms. The van der Waals surface area contributed by atoms with Crippen LogP contribution in [0.3, 0.4) is 0 Å². The van der Waals surface area contributed by atoms with Crippen LogP contribution in [-0.2, 0) is 5.60 Å². The Morgan fingerprint density at radius 3 is 2.89 bits per heavy atom. The van der Waals surface area contributed by atoms with E-state index in [1.807, 2.05) is 36.4 Å². The van der Waals surface area contributed by atoms with E-state index >= 15 is 0 Å². The van der Waals surface area contributed by atoms with E-state index in [0.29, 0.717) is 13.0 Å². The molecule has 2 aromatic carbocycles. The van der Waals surface area contributed by atoms with Gasteiger partial charge in [-0.15, -0.1) is 0 Å². The molecule has 1 atom stereocenters. The standard InChI is InChI=1S/C15H17NO2/c16-10-15(17)8-3-9-18-14-12-5-2-1-4-11(12)6-7-13(14)15/h1-2,4-7,17H,3,8-10,16H2. The smallest absolute Gasteiger partial charge is 0.133 e. The molecule has 3 N–H and O–H groups in total. The highest BCUT2D eigenvalue weighted by atomic mass is 16.5. The van der Waals surface area contributed by atoms with E-state index in [-0.39, 0.29) is 6.54 Å². The van der Waals surface area contributed by atoms with E-state index in [9.17, 15) is 5.11 Å². The number of fused-ring (bicyclic) bond motifs is 3. The SMILES string of the molecule is NCC1(O)CCCOc2c1ccc1ccccc21. The number of nitrogens with two attached hydrogens (primary N) is 1. The Kier molecular flexibility index (Phi) is 2.73. The van der Waals surface area contributed by atoms with Crippen molar-refractivity contribution in [2.75, 3.05) is 13.2 Å². The molecule has 94 valence electrons. The van der Waals surface area contributed by atoms with Gasteiger partial charge in [0.25, 0.3) is 0 Å². The Bertz CT molecular complexity index is 582. The van der Waals surface area contributed by atoms with Crippen molar-refractivity contribution in [3.63, 3.8) is 0 Å². The highest BCUT2D eigenvalue weighted by Crippen LogP contribution is 2.40. The predicted octanol–water partition coefficient (Wildman–Crippen LogP) is 2.16. The largest absolute Gasteiger partial charge is 0.493 e. The van der Waals surface area contributed by atoms with Gasteiger partial charge in [-0.25, -0.2) is 0 Å². The van der Waals surface area contributed by atoms with E-state index in [1.165, 1.54) is 0 Å². The van der Waals surface area contributed by atoms with Crippen LogP contribution in [0.1, 0.15) is 18.4 Å². The maximum absolute atomic E-state index is 10.7. The lowest BCUT2D eigenvalue weighted by Gasteiger charge is -2.26. The molecule has 3 nitrogen and oxygen atoms in total. The first-order valence-electron chi connectivity index (χ1n) is 6.32. The summed E-state index contributed by atoms with van der Waals surface area (Å²) >= 11 is 0. The number of ether oxygens (including phenoxy) is 1. The van der Waals surface area contributed by atoms with Gasteiger partial charge in [0.1, 0.15) is 11.4 Å². The highest BCUT2D eigenvalue weighted by molar-refractivity contribution is 5.90. The first-order valence-corrected chi connectivity index (χ1v) is 6.32. The summed E-state index contributed by atoms with van der Waals surface area (Å²) in [6, 6.07) is 12.0. The number of hydrogen-bond acceptors (Lipinski definition) is 3. The van der Waals surface area contributed by atoms with Crippen LogP contribution in [0.2, 0.25) is 0 Å². The Morgan fingerprint density at radius 2 is 2.06 bits per heavy atom. The molecule has 1 heterocycles. The summed E-state index contributed by atoms with van der Waals surface area (Å²) in [5.74, 6) is 0.790. The van der Waals surface area contributed by atoms with Crippen molar-refractivity contribution in [1.82, 2.24) is 0 Å². The van der Waals surface area contributed by atoms with Crippen LogP contribution < -0.4 is 10.5 Å². The summed E-state index contributed by atoms with van der Waals surface area (Å²) in [4.78, 5) is 0. The number of hydrogen-bond donors (Lipinski definition) is 2. The fraction of sp³-hybridized carbons (Fsp3) is 0.333. The molecule has 0 spiro atoms. The summed E-state index contributed by atoms with van der Waals surface area (Å²) in [6.45, 7) is 0.852. The molecule has 0 amide bonds. The zero-order chi connectivity index (χ0) is 12.6. The lowest BCUT2D eigenvalue weighted by molar-refractivity contribution is 0.0375. The lowest BCUT2D eigenvalue weighted by Crippen LogP contribution is -2.34. The maximum atomic E-state index is 10.7. The normalized spacial score (nSPS) is 23.2. The molecule has 0 saturated heterocycles. The average molecular weight is 243 g/mol. The van der Waals surface area contributed by atoms with E-state index in [2.05, 4.69) is 0 Å². The van der Waals surface area contributed by atoms with E-state index < -0.39 is 5.60 Å². The Hall–Kier alpha value is -1.58. The fourth-order valence-corrected chi connectivity index (χ4v) is 2.65. The molecular weight excluding hydrogens is 226 g/mol. The summed E-state index contributed by atoms with van der Waals surface area (Å²) in [6.07, 6.45) is 1.46. The molecule has 3 heteroatoms. The molecule has 0 aromatic heterocycles. The van der Waals surface area contributed by atoms with Crippen LogP contribution in [0.15, 0.2) is 36.4 Å². The van der Waals surface area contributed by atoms with Crippen molar-refractivity contribution in [2.24, 2.45) is 5.73 Å². The minimum Gasteiger partial charge on any atom is -0.493 e. The second-order valence-corrected chi connectivity index (χ2v) is 4.85. The van der Waals surface area contributed by atoms with Crippen LogP contribution in [0, 0.1) is 0 Å². The quantitative estimate of drug-likeness (QED) is 0.807. The third-order valence-electron chi connectivity index (χ3n) is 3.70. The minimum atomic E-state index is -0.962. The Balaban J connectivity index is 2.29. The van der Waals surface area contributed by atoms with Crippen LogP contribution in [0.25, 0.3) is 10.8 Å². The van der Waals surface area contributed by atoms with Crippen molar-refractivity contribution >= 4 is 10.8 Å². The molecule has 18 heavy (non-hydrogen) atoms. The van der Waals surface area contributed by atoms with Crippen molar-refractivity contribution in [1.29, 1.82) is 0 Å². The molecule has 2 aromatic rings. The van der Waals surface area contributed by atoms with Gasteiger partial charge in [-0.1, -0.05) is 36.4 Å². The topological polar surface area (TPSA) is 55.5 Å². The summed E-state index contributed by atoms with van der Waals surface area (Å²) in [7, 11) is 0. The Morgan fingerprint density at radius 1 is 1.22 bits per heavy atom. The van der Waals surface area contributed by atoms with Crippen LogP contribution in [0.5, 0.6) is 5.75 Å². The molecular formula is C15H17NO2. The number of aliphatic hydroxyl groups is 1. The molecule has 0 saturated carbocycles. The van der Waals surface area contributed by atoms with Gasteiger partial charge in [-0.3, -0.25) is 0 Å². The fourth-order valence-electron chi connectivity index (χ4n) is 2.65. The predicted molar refractivity (Wildman–Crippen MR) is 71.6 cm³/mol. The second-order valence-electron chi connectivity index (χ2n) is 4.85. The van der Waals surface area contributed by atoms with Crippen molar-refractivity contribution in [2.45, 2.75) is 18.4 Å². The molecule has 3 rings (SSSR count). The van der Waals surface area contributed by atoms with E-state index in [0.717, 1.165) is 28.5 Å². The van der Waals surface area contributed by atoms with Gasteiger partial charge in [-0.05, 0) is 18.2 Å². The van der Waals surface area contributed by atoms with E-state index in [4.69, 9.17) is 10.5 Å². The van der Waals surface area contributed by atoms with Gasteiger partial charge in [0, 0.05) is 17.5 Å². The van der Waals surface area contributed by atoms with Gasteiger partial charge in [0.2, 0.25) is 0 Å². The molecule has 0 radical (unpaired) electrons. The zero-order valence-corrected chi connectivity index (χ0v) is 10.2. The Labute approximate surface area is 106 Å². The summed E-state index contributed by atoms with van der Waals surface area (Å²) < 4.78 is 5.84. The monoisotopic (exact) mass is 243 g/mol. The highest BCUT2D eigenvalue weighted by Gasteiger charge is 2.33. The number of rotatable bonds is 1.